The first-order chi connectivity index (χ1) is 9.11. The number of nitrogens with two attached hydrogens (primary N) is 1. The van der Waals surface area contributed by atoms with E-state index in [0.29, 0.717) is 29.0 Å². The first-order valence-corrected chi connectivity index (χ1v) is 6.26. The van der Waals surface area contributed by atoms with Crippen LogP contribution in [0.25, 0.3) is 0 Å². The highest BCUT2D eigenvalue weighted by atomic mass is 35.5. The maximum absolute atomic E-state index is 6.07. The van der Waals surface area contributed by atoms with Crippen molar-refractivity contribution < 1.29 is 4.74 Å². The molecule has 1 heterocycles. The highest BCUT2D eigenvalue weighted by molar-refractivity contribution is 6.31. The Balaban J connectivity index is 2.27. The summed E-state index contributed by atoms with van der Waals surface area (Å²) in [7, 11) is 0. The molecule has 0 spiro atoms. The van der Waals surface area contributed by atoms with Gasteiger partial charge in [-0.1, -0.05) is 17.7 Å². The van der Waals surface area contributed by atoms with Gasteiger partial charge in [0.15, 0.2) is 5.82 Å². The van der Waals surface area contributed by atoms with Gasteiger partial charge in [-0.2, -0.15) is 4.98 Å². The molecule has 0 bridgehead atoms. The van der Waals surface area contributed by atoms with Crippen LogP contribution >= 0.6 is 11.6 Å². The minimum Gasteiger partial charge on any atom is -0.476 e. The zero-order valence-corrected chi connectivity index (χ0v) is 11.5. The lowest BCUT2D eigenvalue weighted by atomic mass is 10.2. The van der Waals surface area contributed by atoms with Crippen LogP contribution in [0.3, 0.4) is 0 Å². The van der Waals surface area contributed by atoms with Crippen molar-refractivity contribution in [3.05, 3.63) is 35.1 Å². The summed E-state index contributed by atoms with van der Waals surface area (Å²) in [6, 6.07) is 5.65. The quantitative estimate of drug-likeness (QED) is 0.899. The zero-order chi connectivity index (χ0) is 13.8. The maximum Gasteiger partial charge on any atom is 0.242 e. The third-order valence-electron chi connectivity index (χ3n) is 2.56. The van der Waals surface area contributed by atoms with Crippen molar-refractivity contribution in [2.75, 3.05) is 17.7 Å². The van der Waals surface area contributed by atoms with Crippen molar-refractivity contribution in [3.63, 3.8) is 0 Å². The summed E-state index contributed by atoms with van der Waals surface area (Å²) in [5, 5.41) is 3.78. The smallest absolute Gasteiger partial charge is 0.242 e. The van der Waals surface area contributed by atoms with Gasteiger partial charge in [0, 0.05) is 10.7 Å². The summed E-state index contributed by atoms with van der Waals surface area (Å²) in [4.78, 5) is 8.08. The molecule has 0 fully saturated rings. The number of nitrogens with zero attached hydrogens (tertiary/aromatic N) is 2. The normalized spacial score (nSPS) is 10.3. The second-order valence-corrected chi connectivity index (χ2v) is 4.37. The van der Waals surface area contributed by atoms with Gasteiger partial charge in [-0.25, -0.2) is 4.98 Å². The van der Waals surface area contributed by atoms with Gasteiger partial charge < -0.3 is 15.8 Å². The summed E-state index contributed by atoms with van der Waals surface area (Å²) < 4.78 is 5.32. The lowest BCUT2D eigenvalue weighted by Crippen LogP contribution is -2.05. The monoisotopic (exact) mass is 278 g/mol. The first kappa shape index (κ1) is 13.4. The number of aromatic nitrogens is 2. The highest BCUT2D eigenvalue weighted by Crippen LogP contribution is 2.28. The lowest BCUT2D eigenvalue weighted by molar-refractivity contribution is 0.328. The average molecular weight is 279 g/mol. The van der Waals surface area contributed by atoms with Crippen molar-refractivity contribution in [1.82, 2.24) is 9.97 Å². The van der Waals surface area contributed by atoms with Gasteiger partial charge in [-0.15, -0.1) is 0 Å². The molecule has 1 aromatic heterocycles. The van der Waals surface area contributed by atoms with E-state index < -0.39 is 0 Å². The summed E-state index contributed by atoms with van der Waals surface area (Å²) in [6.07, 6.45) is 1.40. The van der Waals surface area contributed by atoms with Crippen LogP contribution in [-0.4, -0.2) is 16.6 Å². The number of ether oxygens (including phenoxy) is 1. The van der Waals surface area contributed by atoms with E-state index in [1.165, 1.54) is 6.33 Å². The Morgan fingerprint density at radius 1 is 1.37 bits per heavy atom. The van der Waals surface area contributed by atoms with Crippen LogP contribution in [-0.2, 0) is 0 Å². The third-order valence-corrected chi connectivity index (χ3v) is 2.97. The fraction of sp³-hybridized carbons (Fsp3) is 0.231. The summed E-state index contributed by atoms with van der Waals surface area (Å²) in [6.45, 7) is 4.31. The molecule has 0 atom stereocenters. The van der Waals surface area contributed by atoms with Crippen LogP contribution in [0.15, 0.2) is 24.5 Å². The molecule has 100 valence electrons. The standard InChI is InChI=1S/C13H15ClN4O/c1-3-19-13-11(15)12(16-7-17-13)18-9-5-4-8(2)10(14)6-9/h4-7H,3,15H2,1-2H3,(H,16,17,18). The first-order valence-electron chi connectivity index (χ1n) is 5.88. The lowest BCUT2D eigenvalue weighted by Gasteiger charge is -2.11. The molecular weight excluding hydrogens is 264 g/mol. The Labute approximate surface area is 116 Å². The molecule has 3 N–H and O–H groups in total. The minimum absolute atomic E-state index is 0.373. The molecule has 1 aromatic carbocycles. The molecule has 0 saturated heterocycles. The van der Waals surface area contributed by atoms with Gasteiger partial charge in [-0.05, 0) is 31.5 Å². The van der Waals surface area contributed by atoms with Crippen molar-refractivity contribution in [1.29, 1.82) is 0 Å². The zero-order valence-electron chi connectivity index (χ0n) is 10.8. The van der Waals surface area contributed by atoms with Crippen molar-refractivity contribution in [3.8, 4) is 5.88 Å². The van der Waals surface area contributed by atoms with E-state index in [1.807, 2.05) is 32.0 Å². The Kier molecular flexibility index (Phi) is 4.06. The van der Waals surface area contributed by atoms with Gasteiger partial charge >= 0.3 is 0 Å². The van der Waals surface area contributed by atoms with Gasteiger partial charge in [0.1, 0.15) is 12.0 Å². The maximum atomic E-state index is 6.07. The number of hydrogen-bond donors (Lipinski definition) is 2. The van der Waals surface area contributed by atoms with Gasteiger partial charge in [0.05, 0.1) is 6.61 Å². The van der Waals surface area contributed by atoms with Crippen molar-refractivity contribution >= 4 is 28.8 Å². The van der Waals surface area contributed by atoms with Gasteiger partial charge in [0.25, 0.3) is 0 Å². The molecule has 2 aromatic rings. The van der Waals surface area contributed by atoms with Crippen LogP contribution in [0.4, 0.5) is 17.2 Å². The molecule has 0 aliphatic rings. The number of rotatable bonds is 4. The topological polar surface area (TPSA) is 73.1 Å². The van der Waals surface area contributed by atoms with E-state index >= 15 is 0 Å². The predicted molar refractivity (Wildman–Crippen MR) is 77.1 cm³/mol. The molecule has 0 aliphatic heterocycles. The number of nitrogen functional groups attached to an aromatic ring is 1. The average Bonchev–Trinajstić information content (AvgIpc) is 2.39. The Hall–Kier alpha value is -2.01. The summed E-state index contributed by atoms with van der Waals surface area (Å²) in [5.41, 5.74) is 8.14. The van der Waals surface area contributed by atoms with Crippen molar-refractivity contribution in [2.24, 2.45) is 0 Å². The van der Waals surface area contributed by atoms with E-state index in [-0.39, 0.29) is 0 Å². The molecule has 0 amide bonds. The molecule has 6 heteroatoms. The molecule has 0 aliphatic carbocycles. The molecular formula is C13H15ClN4O. The predicted octanol–water partition coefficient (Wildman–Crippen LogP) is 3.16. The number of aryl methyl sites for hydroxylation is 1. The molecule has 19 heavy (non-hydrogen) atoms. The number of benzene rings is 1. The number of halogens is 1. The molecule has 0 saturated carbocycles. The fourth-order valence-corrected chi connectivity index (χ4v) is 1.72. The SMILES string of the molecule is CCOc1ncnc(Nc2ccc(C)c(Cl)c2)c1N. The second kappa shape index (κ2) is 5.75. The van der Waals surface area contributed by atoms with Crippen LogP contribution in [0.1, 0.15) is 12.5 Å². The summed E-state index contributed by atoms with van der Waals surface area (Å²) >= 11 is 6.07. The fourth-order valence-electron chi connectivity index (χ4n) is 1.54. The van der Waals surface area contributed by atoms with Gasteiger partial charge in [0.2, 0.25) is 5.88 Å². The van der Waals surface area contributed by atoms with Crippen LogP contribution in [0.2, 0.25) is 5.02 Å². The van der Waals surface area contributed by atoms with E-state index in [2.05, 4.69) is 15.3 Å². The Bertz CT molecular complexity index is 589. The van der Waals surface area contributed by atoms with Crippen LogP contribution in [0.5, 0.6) is 5.88 Å². The third kappa shape index (κ3) is 3.06. The highest BCUT2D eigenvalue weighted by Gasteiger charge is 2.09. The van der Waals surface area contributed by atoms with Crippen LogP contribution < -0.4 is 15.8 Å². The van der Waals surface area contributed by atoms with E-state index in [0.717, 1.165) is 11.3 Å². The molecule has 0 unspecified atom stereocenters. The van der Waals surface area contributed by atoms with E-state index in [1.54, 1.807) is 0 Å². The summed E-state index contributed by atoms with van der Waals surface area (Å²) in [5.74, 6) is 0.872. The largest absolute Gasteiger partial charge is 0.476 e. The minimum atomic E-state index is 0.373. The van der Waals surface area contributed by atoms with E-state index in [4.69, 9.17) is 22.1 Å². The number of hydrogen-bond acceptors (Lipinski definition) is 5. The molecule has 0 radical (unpaired) electrons. The Morgan fingerprint density at radius 3 is 2.84 bits per heavy atom. The van der Waals surface area contributed by atoms with Gasteiger partial charge in [-0.3, -0.25) is 0 Å². The van der Waals surface area contributed by atoms with E-state index in [9.17, 15) is 0 Å². The number of nitrogens with one attached hydrogen (secondary N) is 1. The van der Waals surface area contributed by atoms with Crippen molar-refractivity contribution in [2.45, 2.75) is 13.8 Å². The Morgan fingerprint density at radius 2 is 2.16 bits per heavy atom. The second-order valence-electron chi connectivity index (χ2n) is 3.96. The number of anilines is 3. The molecule has 5 nitrogen and oxygen atoms in total. The van der Waals surface area contributed by atoms with Crippen LogP contribution in [0, 0.1) is 6.92 Å². The molecule has 2 rings (SSSR count).